The van der Waals surface area contributed by atoms with Gasteiger partial charge in [-0.15, -0.1) is 0 Å². The first kappa shape index (κ1) is 19.4. The Bertz CT molecular complexity index is 986. The number of ether oxygens (including phenoxy) is 1. The maximum atomic E-state index is 12.9. The molecule has 2 aromatic carbocycles. The number of amides is 1. The van der Waals surface area contributed by atoms with Gasteiger partial charge in [0, 0.05) is 24.9 Å². The van der Waals surface area contributed by atoms with E-state index in [4.69, 9.17) is 9.15 Å². The average Bonchev–Trinajstić information content (AvgIpc) is 3.33. The zero-order chi connectivity index (χ0) is 20.2. The average molecular weight is 398 g/mol. The highest BCUT2D eigenvalue weighted by Gasteiger charge is 2.29. The molecule has 1 atom stereocenters. The molecule has 1 unspecified atom stereocenters. The number of nitrogens with zero attached hydrogens (tertiary/aromatic N) is 1. The Morgan fingerprint density at radius 3 is 2.83 bits per heavy atom. The van der Waals surface area contributed by atoms with Crippen LogP contribution >= 0.6 is 0 Å². The second-order valence-corrected chi connectivity index (χ2v) is 7.18. The molecule has 0 radical (unpaired) electrons. The zero-order valence-electron chi connectivity index (χ0n) is 15.9. The molecular weight excluding hydrogens is 375 g/mol. The molecule has 0 spiro atoms. The van der Waals surface area contributed by atoms with Crippen LogP contribution in [0.4, 0.5) is 4.39 Å². The van der Waals surface area contributed by atoms with Crippen LogP contribution in [-0.4, -0.2) is 35.4 Å². The maximum absolute atomic E-state index is 12.9. The van der Waals surface area contributed by atoms with Crippen molar-refractivity contribution in [3.63, 3.8) is 0 Å². The van der Waals surface area contributed by atoms with E-state index in [2.05, 4.69) is 5.32 Å². The van der Waals surface area contributed by atoms with Crippen molar-refractivity contribution in [3.8, 4) is 5.75 Å². The van der Waals surface area contributed by atoms with Crippen molar-refractivity contribution in [1.29, 1.82) is 0 Å². The van der Waals surface area contributed by atoms with Gasteiger partial charge in [0.15, 0.2) is 0 Å². The molecule has 2 heterocycles. The first-order valence-corrected chi connectivity index (χ1v) is 9.71. The summed E-state index contributed by atoms with van der Waals surface area (Å²) in [5, 5.41) is 14.6. The van der Waals surface area contributed by atoms with Crippen molar-refractivity contribution in [2.45, 2.75) is 31.8 Å². The predicted octanol–water partition coefficient (Wildman–Crippen LogP) is 3.66. The number of halogens is 1. The van der Waals surface area contributed by atoms with Gasteiger partial charge in [-0.25, -0.2) is 4.39 Å². The number of furan rings is 1. The van der Waals surface area contributed by atoms with Gasteiger partial charge in [0.2, 0.25) is 5.91 Å². The molecule has 152 valence electrons. The van der Waals surface area contributed by atoms with Crippen molar-refractivity contribution in [2.24, 2.45) is 0 Å². The van der Waals surface area contributed by atoms with Gasteiger partial charge in [-0.1, -0.05) is 6.07 Å². The molecule has 1 fully saturated rings. The minimum atomic E-state index is -0.458. The summed E-state index contributed by atoms with van der Waals surface area (Å²) in [7, 11) is 0. The van der Waals surface area contributed by atoms with Gasteiger partial charge in [0.1, 0.15) is 29.0 Å². The Balaban J connectivity index is 1.32. The maximum Gasteiger partial charge on any atom is 0.240 e. The van der Waals surface area contributed by atoms with E-state index in [0.29, 0.717) is 38.3 Å². The Morgan fingerprint density at radius 2 is 2.07 bits per heavy atom. The summed E-state index contributed by atoms with van der Waals surface area (Å²) < 4.78 is 24.4. The largest absolute Gasteiger partial charge is 0.493 e. The van der Waals surface area contributed by atoms with Gasteiger partial charge in [0.05, 0.1) is 6.61 Å². The molecule has 0 aliphatic carbocycles. The van der Waals surface area contributed by atoms with E-state index in [-0.39, 0.29) is 11.7 Å². The monoisotopic (exact) mass is 398 g/mol. The van der Waals surface area contributed by atoms with Crippen LogP contribution in [0.25, 0.3) is 11.0 Å². The summed E-state index contributed by atoms with van der Waals surface area (Å²) in [6, 6.07) is 13.2. The van der Waals surface area contributed by atoms with E-state index in [1.807, 2.05) is 24.3 Å². The van der Waals surface area contributed by atoms with Gasteiger partial charge in [-0.3, -0.25) is 4.79 Å². The summed E-state index contributed by atoms with van der Waals surface area (Å²) in [5.74, 6) is 0.962. The van der Waals surface area contributed by atoms with Gasteiger partial charge in [-0.2, -0.15) is 5.06 Å². The van der Waals surface area contributed by atoms with Gasteiger partial charge in [0.25, 0.3) is 0 Å². The molecule has 0 saturated carbocycles. The fraction of sp³-hybridized carbons (Fsp3) is 0.318. The lowest BCUT2D eigenvalue weighted by Gasteiger charge is -2.16. The van der Waals surface area contributed by atoms with Crippen LogP contribution in [0.15, 0.2) is 52.9 Å². The highest BCUT2D eigenvalue weighted by atomic mass is 19.1. The minimum Gasteiger partial charge on any atom is -0.493 e. The van der Waals surface area contributed by atoms with E-state index in [1.165, 1.54) is 12.1 Å². The second kappa shape index (κ2) is 8.63. The van der Waals surface area contributed by atoms with Crippen molar-refractivity contribution >= 4 is 16.9 Å². The van der Waals surface area contributed by atoms with E-state index >= 15 is 0 Å². The standard InChI is InChI=1S/C22H23FN2O4/c23-17-4-6-18(7-5-17)28-11-9-19-13-16-12-15(3-8-21(16)29-19)14-24-22(26)20-2-1-10-25(20)27/h3-8,12-13,20,27H,1-2,9-11,14H2,(H,24,26). The summed E-state index contributed by atoms with van der Waals surface area (Å²) in [5.41, 5.74) is 1.73. The highest BCUT2D eigenvalue weighted by Crippen LogP contribution is 2.22. The lowest BCUT2D eigenvalue weighted by Crippen LogP contribution is -2.41. The van der Waals surface area contributed by atoms with Crippen LogP contribution in [0.5, 0.6) is 5.75 Å². The molecule has 6 nitrogen and oxygen atoms in total. The Morgan fingerprint density at radius 1 is 1.24 bits per heavy atom. The SMILES string of the molecule is O=C(NCc1ccc2oc(CCOc3ccc(F)cc3)cc2c1)C1CCCN1O. The van der Waals surface area contributed by atoms with Crippen LogP contribution in [0.2, 0.25) is 0 Å². The first-order valence-electron chi connectivity index (χ1n) is 9.71. The van der Waals surface area contributed by atoms with Crippen molar-refractivity contribution in [3.05, 3.63) is 65.7 Å². The van der Waals surface area contributed by atoms with E-state index < -0.39 is 6.04 Å². The van der Waals surface area contributed by atoms with Crippen LogP contribution in [0.3, 0.4) is 0 Å². The predicted molar refractivity (Wildman–Crippen MR) is 105 cm³/mol. The van der Waals surface area contributed by atoms with Crippen LogP contribution in [0.1, 0.15) is 24.2 Å². The highest BCUT2D eigenvalue weighted by molar-refractivity contribution is 5.82. The second-order valence-electron chi connectivity index (χ2n) is 7.18. The normalized spacial score (nSPS) is 17.0. The smallest absolute Gasteiger partial charge is 0.240 e. The number of fused-ring (bicyclic) bond motifs is 1. The Kier molecular flexibility index (Phi) is 5.78. The van der Waals surface area contributed by atoms with Gasteiger partial charge in [-0.05, 0) is 60.9 Å². The molecule has 29 heavy (non-hydrogen) atoms. The molecule has 3 aromatic rings. The Hall–Kier alpha value is -2.90. The number of hydrogen-bond donors (Lipinski definition) is 2. The summed E-state index contributed by atoms with van der Waals surface area (Å²) in [6.45, 7) is 1.35. The fourth-order valence-electron chi connectivity index (χ4n) is 3.51. The first-order chi connectivity index (χ1) is 14.1. The van der Waals surface area contributed by atoms with Crippen molar-refractivity contribution in [2.75, 3.05) is 13.2 Å². The number of hydrogen-bond acceptors (Lipinski definition) is 5. The topological polar surface area (TPSA) is 74.9 Å². The van der Waals surface area contributed by atoms with E-state index in [1.54, 1.807) is 12.1 Å². The molecule has 1 aliphatic heterocycles. The van der Waals surface area contributed by atoms with Gasteiger partial charge >= 0.3 is 0 Å². The molecule has 1 aliphatic rings. The fourth-order valence-corrected chi connectivity index (χ4v) is 3.51. The molecule has 1 aromatic heterocycles. The lowest BCUT2D eigenvalue weighted by atomic mass is 10.1. The molecule has 4 rings (SSSR count). The van der Waals surface area contributed by atoms with Crippen molar-refractivity contribution < 1.29 is 23.5 Å². The van der Waals surface area contributed by atoms with Crippen molar-refractivity contribution in [1.82, 2.24) is 10.4 Å². The zero-order valence-corrected chi connectivity index (χ0v) is 15.9. The number of rotatable bonds is 7. The number of carbonyl (C=O) groups excluding carboxylic acids is 1. The van der Waals surface area contributed by atoms with Gasteiger partial charge < -0.3 is 19.7 Å². The third kappa shape index (κ3) is 4.75. The minimum absolute atomic E-state index is 0.157. The molecule has 1 amide bonds. The van der Waals surface area contributed by atoms with E-state index in [0.717, 1.165) is 33.8 Å². The van der Waals surface area contributed by atoms with Crippen LogP contribution in [0, 0.1) is 5.82 Å². The third-order valence-corrected chi connectivity index (χ3v) is 5.06. The number of benzene rings is 2. The molecule has 2 N–H and O–H groups in total. The lowest BCUT2D eigenvalue weighted by molar-refractivity contribution is -0.145. The quantitative estimate of drug-likeness (QED) is 0.635. The third-order valence-electron chi connectivity index (χ3n) is 5.06. The molecule has 1 saturated heterocycles. The van der Waals surface area contributed by atoms with Crippen LogP contribution < -0.4 is 10.1 Å². The molecular formula is C22H23FN2O4. The van der Waals surface area contributed by atoms with Crippen LogP contribution in [-0.2, 0) is 17.8 Å². The molecule has 7 heteroatoms. The number of hydroxylamine groups is 2. The number of carbonyl (C=O) groups is 1. The summed E-state index contributed by atoms with van der Waals surface area (Å²) in [4.78, 5) is 12.2. The number of nitrogens with one attached hydrogen (secondary N) is 1. The molecule has 0 bridgehead atoms. The van der Waals surface area contributed by atoms with E-state index in [9.17, 15) is 14.4 Å². The Labute approximate surface area is 167 Å². The summed E-state index contributed by atoms with van der Waals surface area (Å²) >= 11 is 0. The summed E-state index contributed by atoms with van der Waals surface area (Å²) in [6.07, 6.45) is 2.09.